The van der Waals surface area contributed by atoms with E-state index in [0.717, 1.165) is 10.6 Å². The molecule has 4 rings (SSSR count). The molecule has 0 aliphatic carbocycles. The van der Waals surface area contributed by atoms with E-state index in [1.165, 1.54) is 31.4 Å². The van der Waals surface area contributed by atoms with E-state index in [9.17, 15) is 19.7 Å². The zero-order valence-corrected chi connectivity index (χ0v) is 18.8. The molecule has 0 spiro atoms. The van der Waals surface area contributed by atoms with Gasteiger partial charge in [0.25, 0.3) is 17.5 Å². The Kier molecular flexibility index (Phi) is 6.01. The van der Waals surface area contributed by atoms with Crippen LogP contribution in [0.1, 0.15) is 5.56 Å². The van der Waals surface area contributed by atoms with Crippen LogP contribution in [0.2, 0.25) is 0 Å². The number of imide groups is 1. The van der Waals surface area contributed by atoms with Crippen molar-refractivity contribution in [3.8, 4) is 5.75 Å². The molecule has 0 saturated heterocycles. The minimum atomic E-state index is -0.559. The van der Waals surface area contributed by atoms with Crippen LogP contribution in [-0.4, -0.2) is 37.9 Å². The molecular weight excluding hydrogens is 436 g/mol. The van der Waals surface area contributed by atoms with Gasteiger partial charge < -0.3 is 15.0 Å². The van der Waals surface area contributed by atoms with E-state index in [1.54, 1.807) is 36.4 Å². The molecule has 0 bridgehead atoms. The first kappa shape index (κ1) is 22.5. The molecule has 0 aromatic heterocycles. The van der Waals surface area contributed by atoms with Crippen molar-refractivity contribution in [1.29, 1.82) is 0 Å². The van der Waals surface area contributed by atoms with Crippen LogP contribution in [0.4, 0.5) is 22.7 Å². The van der Waals surface area contributed by atoms with Gasteiger partial charge in [-0.1, -0.05) is 12.1 Å². The smallest absolute Gasteiger partial charge is 0.282 e. The van der Waals surface area contributed by atoms with Crippen molar-refractivity contribution in [3.63, 3.8) is 0 Å². The molecule has 3 aromatic carbocycles. The Bertz CT molecular complexity index is 1300. The van der Waals surface area contributed by atoms with Crippen molar-refractivity contribution < 1.29 is 19.2 Å². The number of nitrogens with one attached hydrogen (secondary N) is 1. The highest BCUT2D eigenvalue weighted by Gasteiger charge is 2.41. The van der Waals surface area contributed by atoms with E-state index >= 15 is 0 Å². The molecule has 0 saturated carbocycles. The highest BCUT2D eigenvalue weighted by molar-refractivity contribution is 6.46. The van der Waals surface area contributed by atoms with Gasteiger partial charge in [0, 0.05) is 37.6 Å². The van der Waals surface area contributed by atoms with Gasteiger partial charge in [0.1, 0.15) is 11.4 Å². The number of methoxy groups -OCH3 is 1. The normalized spacial score (nSPS) is 13.3. The number of nitrogens with zero attached hydrogens (tertiary/aromatic N) is 3. The second-order valence-electron chi connectivity index (χ2n) is 7.74. The zero-order chi connectivity index (χ0) is 24.4. The summed E-state index contributed by atoms with van der Waals surface area (Å²) in [4.78, 5) is 40.6. The molecule has 0 fully saturated rings. The summed E-state index contributed by atoms with van der Waals surface area (Å²) < 4.78 is 5.36. The fourth-order valence-corrected chi connectivity index (χ4v) is 3.68. The number of hydrogen-bond acceptors (Lipinski definition) is 7. The summed E-state index contributed by atoms with van der Waals surface area (Å²) in [5.74, 6) is -0.751. The van der Waals surface area contributed by atoms with E-state index in [1.807, 2.05) is 31.1 Å². The molecule has 1 N–H and O–H groups in total. The summed E-state index contributed by atoms with van der Waals surface area (Å²) in [7, 11) is 5.30. The van der Waals surface area contributed by atoms with Crippen LogP contribution in [0, 0.1) is 10.1 Å². The topological polar surface area (TPSA) is 105 Å². The number of nitro benzene ring substituents is 1. The molecule has 34 heavy (non-hydrogen) atoms. The first-order valence-corrected chi connectivity index (χ1v) is 10.4. The number of hydrogen-bond donors (Lipinski definition) is 1. The van der Waals surface area contributed by atoms with Crippen LogP contribution < -0.4 is 19.9 Å². The number of rotatable bonds is 7. The Morgan fingerprint density at radius 1 is 0.912 bits per heavy atom. The lowest BCUT2D eigenvalue weighted by molar-refractivity contribution is -0.384. The molecule has 172 valence electrons. The number of benzene rings is 3. The summed E-state index contributed by atoms with van der Waals surface area (Å²) in [6, 6.07) is 19.6. The Hall–Kier alpha value is -4.66. The molecule has 3 aromatic rings. The van der Waals surface area contributed by atoms with Crippen LogP contribution in [0.25, 0.3) is 5.57 Å². The van der Waals surface area contributed by atoms with E-state index in [2.05, 4.69) is 5.32 Å². The molecule has 0 radical (unpaired) electrons. The van der Waals surface area contributed by atoms with Crippen molar-refractivity contribution >= 4 is 40.1 Å². The van der Waals surface area contributed by atoms with Gasteiger partial charge in [0.05, 0.1) is 23.3 Å². The first-order valence-electron chi connectivity index (χ1n) is 10.4. The number of anilines is 3. The molecule has 1 heterocycles. The van der Waals surface area contributed by atoms with Crippen LogP contribution in [-0.2, 0) is 9.59 Å². The highest BCUT2D eigenvalue weighted by atomic mass is 16.6. The molecule has 2 amide bonds. The number of amides is 2. The lowest BCUT2D eigenvalue weighted by atomic mass is 10.0. The minimum Gasteiger partial charge on any atom is -0.495 e. The predicted octanol–water partition coefficient (Wildman–Crippen LogP) is 4.07. The second kappa shape index (κ2) is 9.07. The maximum Gasteiger partial charge on any atom is 0.282 e. The van der Waals surface area contributed by atoms with Gasteiger partial charge in [-0.15, -0.1) is 0 Å². The number of para-hydroxylation sites is 2. The maximum atomic E-state index is 13.6. The summed E-state index contributed by atoms with van der Waals surface area (Å²) >= 11 is 0. The minimum absolute atomic E-state index is 0.0716. The maximum absolute atomic E-state index is 13.6. The fraction of sp³-hybridized carbons (Fsp3) is 0.120. The SMILES string of the molecule is COc1ccccc1N1C(=O)C(Nc2ccc(N(C)C)cc2)=C(c2ccc([N+](=O)[O-])cc2)C1=O. The van der Waals surface area contributed by atoms with Gasteiger partial charge in [-0.05, 0) is 54.1 Å². The first-order chi connectivity index (χ1) is 16.3. The van der Waals surface area contributed by atoms with E-state index in [-0.39, 0.29) is 17.0 Å². The monoisotopic (exact) mass is 458 g/mol. The third kappa shape index (κ3) is 4.06. The van der Waals surface area contributed by atoms with E-state index < -0.39 is 16.7 Å². The van der Waals surface area contributed by atoms with Crippen molar-refractivity contribution in [1.82, 2.24) is 0 Å². The molecular formula is C25H22N4O5. The quantitative estimate of drug-likeness (QED) is 0.323. The number of nitro groups is 1. The van der Waals surface area contributed by atoms with Gasteiger partial charge in [-0.2, -0.15) is 0 Å². The highest BCUT2D eigenvalue weighted by Crippen LogP contribution is 2.38. The molecule has 9 heteroatoms. The predicted molar refractivity (Wildman–Crippen MR) is 130 cm³/mol. The summed E-state index contributed by atoms with van der Waals surface area (Å²) in [5, 5.41) is 14.2. The molecule has 1 aliphatic heterocycles. The van der Waals surface area contributed by atoms with Gasteiger partial charge in [0.15, 0.2) is 0 Å². The third-order valence-electron chi connectivity index (χ3n) is 5.43. The largest absolute Gasteiger partial charge is 0.495 e. The zero-order valence-electron chi connectivity index (χ0n) is 18.8. The summed E-state index contributed by atoms with van der Waals surface area (Å²) in [5.41, 5.74) is 2.34. The number of ether oxygens (including phenoxy) is 1. The standard InChI is InChI=1S/C25H22N4O5/c1-27(2)18-14-10-17(11-15-18)26-23-22(16-8-12-19(13-9-16)29(32)33)24(30)28(25(23)31)20-6-4-5-7-21(20)34-3/h4-15,26H,1-3H3. The Morgan fingerprint density at radius 2 is 1.56 bits per heavy atom. The van der Waals surface area contributed by atoms with Crippen LogP contribution >= 0.6 is 0 Å². The van der Waals surface area contributed by atoms with Crippen molar-refractivity contribution in [3.05, 3.63) is 94.2 Å². The average molecular weight is 458 g/mol. The molecule has 0 atom stereocenters. The van der Waals surface area contributed by atoms with Crippen molar-refractivity contribution in [2.45, 2.75) is 0 Å². The second-order valence-corrected chi connectivity index (χ2v) is 7.74. The van der Waals surface area contributed by atoms with Gasteiger partial charge >= 0.3 is 0 Å². The van der Waals surface area contributed by atoms with Gasteiger partial charge in [-0.25, -0.2) is 4.90 Å². The van der Waals surface area contributed by atoms with Gasteiger partial charge in [0.2, 0.25) is 0 Å². The number of carbonyl (C=O) groups excluding carboxylic acids is 2. The van der Waals surface area contributed by atoms with E-state index in [4.69, 9.17) is 4.74 Å². The van der Waals surface area contributed by atoms with Gasteiger partial charge in [-0.3, -0.25) is 19.7 Å². The Labute approximate surface area is 196 Å². The molecule has 1 aliphatic rings. The third-order valence-corrected chi connectivity index (χ3v) is 5.43. The Morgan fingerprint density at radius 3 is 2.15 bits per heavy atom. The van der Waals surface area contributed by atoms with Crippen LogP contribution in [0.5, 0.6) is 5.75 Å². The van der Waals surface area contributed by atoms with Crippen molar-refractivity contribution in [2.24, 2.45) is 0 Å². The Balaban J connectivity index is 1.81. The summed E-state index contributed by atoms with van der Waals surface area (Å²) in [6.07, 6.45) is 0. The number of non-ortho nitro benzene ring substituents is 1. The molecule has 0 unspecified atom stereocenters. The lowest BCUT2D eigenvalue weighted by Crippen LogP contribution is -2.32. The fourth-order valence-electron chi connectivity index (χ4n) is 3.68. The van der Waals surface area contributed by atoms with E-state index in [0.29, 0.717) is 22.7 Å². The van der Waals surface area contributed by atoms with Crippen molar-refractivity contribution in [2.75, 3.05) is 36.3 Å². The summed E-state index contributed by atoms with van der Waals surface area (Å²) in [6.45, 7) is 0. The lowest BCUT2D eigenvalue weighted by Gasteiger charge is -2.18. The van der Waals surface area contributed by atoms with Crippen LogP contribution in [0.3, 0.4) is 0 Å². The number of carbonyl (C=O) groups is 2. The average Bonchev–Trinajstić information content (AvgIpc) is 3.08. The molecule has 9 nitrogen and oxygen atoms in total. The van der Waals surface area contributed by atoms with Crippen LogP contribution in [0.15, 0.2) is 78.5 Å².